The Morgan fingerprint density at radius 2 is 2.08 bits per heavy atom. The van der Waals surface area contributed by atoms with Crippen LogP contribution in [0.1, 0.15) is 23.1 Å². The first-order chi connectivity index (χ1) is 17.5. The lowest BCUT2D eigenvalue weighted by Crippen LogP contribution is -2.44. The van der Waals surface area contributed by atoms with Gasteiger partial charge in [-0.05, 0) is 41.9 Å². The number of allylic oxidation sites excluding steroid dienone is 1. The van der Waals surface area contributed by atoms with Crippen molar-refractivity contribution >= 4 is 33.5 Å². The summed E-state index contributed by atoms with van der Waals surface area (Å²) in [6, 6.07) is 16.9. The SMILES string of the molecule is C=CN/C(=C\N)CN1CC(/C=C/c2ccccc2)N(S(=O)(=O)C2=CCCS2)Cc2cc(C#N)ccc21. The van der Waals surface area contributed by atoms with E-state index < -0.39 is 16.1 Å². The normalized spacial score (nSPS) is 18.9. The molecule has 0 fully saturated rings. The van der Waals surface area contributed by atoms with Crippen molar-refractivity contribution < 1.29 is 8.42 Å². The summed E-state index contributed by atoms with van der Waals surface area (Å²) in [5, 5.41) is 12.6. The Hall–Kier alpha value is -3.45. The summed E-state index contributed by atoms with van der Waals surface area (Å²) in [6.45, 7) is 4.70. The van der Waals surface area contributed by atoms with Crippen LogP contribution in [0.15, 0.2) is 89.6 Å². The van der Waals surface area contributed by atoms with E-state index in [0.29, 0.717) is 22.9 Å². The molecule has 7 nitrogen and oxygen atoms in total. The van der Waals surface area contributed by atoms with Crippen LogP contribution in [-0.4, -0.2) is 37.6 Å². The Labute approximate surface area is 217 Å². The molecule has 0 spiro atoms. The number of nitriles is 1. The Kier molecular flexibility index (Phi) is 8.21. The Morgan fingerprint density at radius 1 is 1.28 bits per heavy atom. The monoisotopic (exact) mass is 519 g/mol. The molecule has 0 radical (unpaired) electrons. The quantitative estimate of drug-likeness (QED) is 0.541. The molecule has 0 bridgehead atoms. The van der Waals surface area contributed by atoms with Gasteiger partial charge in [-0.25, -0.2) is 8.42 Å². The molecule has 2 aromatic carbocycles. The zero-order chi connectivity index (χ0) is 25.5. The van der Waals surface area contributed by atoms with Gasteiger partial charge in [-0.3, -0.25) is 0 Å². The second-order valence-electron chi connectivity index (χ2n) is 8.42. The van der Waals surface area contributed by atoms with E-state index in [1.165, 1.54) is 18.0 Å². The van der Waals surface area contributed by atoms with Gasteiger partial charge in [0.25, 0.3) is 0 Å². The summed E-state index contributed by atoms with van der Waals surface area (Å²) in [7, 11) is -3.74. The molecule has 2 aliphatic heterocycles. The Balaban J connectivity index is 1.82. The zero-order valence-electron chi connectivity index (χ0n) is 19.9. The molecule has 0 aliphatic carbocycles. The van der Waals surface area contributed by atoms with Gasteiger partial charge in [0.05, 0.1) is 29.9 Å². The molecule has 4 rings (SSSR count). The standard InChI is InChI=1S/C27H29N5O2S2/c1-2-30-24(17-29)19-31-20-25(12-10-21-7-4-3-5-8-21)32(36(33,34)27-9-6-14-35-27)18-23-15-22(16-28)11-13-26(23)31/h2-5,7-13,15,17,25,30H,1,6,14,18-20,29H2/b12-10+,24-17-. The second-order valence-corrected chi connectivity index (χ2v) is 11.7. The number of sulfonamides is 1. The van der Waals surface area contributed by atoms with Gasteiger partial charge < -0.3 is 16.0 Å². The van der Waals surface area contributed by atoms with E-state index in [0.717, 1.165) is 34.7 Å². The summed E-state index contributed by atoms with van der Waals surface area (Å²) in [6.07, 6.45) is 9.49. The highest BCUT2D eigenvalue weighted by atomic mass is 32.3. The summed E-state index contributed by atoms with van der Waals surface area (Å²) in [5.74, 6) is 0.756. The number of nitrogens with zero attached hydrogens (tertiary/aromatic N) is 3. The predicted molar refractivity (Wildman–Crippen MR) is 148 cm³/mol. The highest BCUT2D eigenvalue weighted by Crippen LogP contribution is 2.37. The number of nitrogens with one attached hydrogen (secondary N) is 1. The van der Waals surface area contributed by atoms with Crippen LogP contribution in [0.25, 0.3) is 6.08 Å². The molecule has 2 heterocycles. The predicted octanol–water partition coefficient (Wildman–Crippen LogP) is 4.10. The molecule has 0 amide bonds. The van der Waals surface area contributed by atoms with Gasteiger partial charge in [0, 0.05) is 30.7 Å². The van der Waals surface area contributed by atoms with Crippen LogP contribution in [0.3, 0.4) is 0 Å². The minimum absolute atomic E-state index is 0.155. The summed E-state index contributed by atoms with van der Waals surface area (Å²) in [5.41, 5.74) is 9.69. The molecule has 1 unspecified atom stereocenters. The maximum absolute atomic E-state index is 13.9. The van der Waals surface area contributed by atoms with Gasteiger partial charge in [0.1, 0.15) is 4.24 Å². The molecule has 186 valence electrons. The van der Waals surface area contributed by atoms with Gasteiger partial charge in [0.15, 0.2) is 0 Å². The van der Waals surface area contributed by atoms with E-state index in [-0.39, 0.29) is 6.54 Å². The fourth-order valence-electron chi connectivity index (χ4n) is 4.32. The van der Waals surface area contributed by atoms with Crippen molar-refractivity contribution in [2.24, 2.45) is 5.73 Å². The number of thioether (sulfide) groups is 1. The first-order valence-corrected chi connectivity index (χ1v) is 14.0. The van der Waals surface area contributed by atoms with Crippen LogP contribution in [0.5, 0.6) is 0 Å². The van der Waals surface area contributed by atoms with E-state index >= 15 is 0 Å². The van der Waals surface area contributed by atoms with Crippen LogP contribution in [-0.2, 0) is 16.6 Å². The number of rotatable bonds is 8. The number of hydrogen-bond donors (Lipinski definition) is 2. The van der Waals surface area contributed by atoms with Gasteiger partial charge in [-0.2, -0.15) is 9.57 Å². The van der Waals surface area contributed by atoms with Gasteiger partial charge >= 0.3 is 0 Å². The lowest BCUT2D eigenvalue weighted by atomic mass is 10.1. The van der Waals surface area contributed by atoms with Gasteiger partial charge in [-0.1, -0.05) is 55.1 Å². The van der Waals surface area contributed by atoms with Crippen molar-refractivity contribution in [2.75, 3.05) is 23.7 Å². The average molecular weight is 520 g/mol. The largest absolute Gasteiger partial charge is 0.403 e. The topological polar surface area (TPSA) is 102 Å². The number of benzene rings is 2. The minimum atomic E-state index is -3.74. The van der Waals surface area contributed by atoms with Crippen molar-refractivity contribution in [3.63, 3.8) is 0 Å². The molecule has 0 saturated heterocycles. The highest BCUT2D eigenvalue weighted by Gasteiger charge is 2.37. The highest BCUT2D eigenvalue weighted by molar-refractivity contribution is 8.18. The third kappa shape index (κ3) is 5.68. The summed E-state index contributed by atoms with van der Waals surface area (Å²) in [4.78, 5) is 2.09. The maximum atomic E-state index is 13.9. The van der Waals surface area contributed by atoms with Crippen LogP contribution in [0.2, 0.25) is 0 Å². The van der Waals surface area contributed by atoms with E-state index in [2.05, 4.69) is 22.9 Å². The van der Waals surface area contributed by atoms with Crippen molar-refractivity contribution in [2.45, 2.75) is 19.0 Å². The molecule has 3 N–H and O–H groups in total. The van der Waals surface area contributed by atoms with E-state index in [1.54, 1.807) is 28.7 Å². The molecule has 9 heteroatoms. The van der Waals surface area contributed by atoms with Crippen LogP contribution in [0.4, 0.5) is 5.69 Å². The molecule has 0 aromatic heterocycles. The molecule has 1 atom stereocenters. The Bertz CT molecular complexity index is 1340. The van der Waals surface area contributed by atoms with Crippen molar-refractivity contribution in [1.29, 1.82) is 5.26 Å². The number of fused-ring (bicyclic) bond motifs is 1. The molecular formula is C27H29N5O2S2. The zero-order valence-corrected chi connectivity index (χ0v) is 21.5. The second kappa shape index (κ2) is 11.5. The molecule has 2 aromatic rings. The fourth-order valence-corrected chi connectivity index (χ4v) is 7.49. The van der Waals surface area contributed by atoms with Crippen LogP contribution < -0.4 is 16.0 Å². The maximum Gasteiger partial charge on any atom is 0.249 e. The summed E-state index contributed by atoms with van der Waals surface area (Å²) >= 11 is 1.37. The third-order valence-corrected chi connectivity index (χ3v) is 9.62. The minimum Gasteiger partial charge on any atom is -0.403 e. The molecule has 2 aliphatic rings. The smallest absolute Gasteiger partial charge is 0.249 e. The van der Waals surface area contributed by atoms with E-state index in [4.69, 9.17) is 5.73 Å². The van der Waals surface area contributed by atoms with Crippen LogP contribution in [0, 0.1) is 11.3 Å². The lowest BCUT2D eigenvalue weighted by Gasteiger charge is -2.31. The van der Waals surface area contributed by atoms with Gasteiger partial charge in [0.2, 0.25) is 10.0 Å². The number of anilines is 1. The van der Waals surface area contributed by atoms with E-state index in [1.807, 2.05) is 48.6 Å². The number of nitrogens with two attached hydrogens (primary N) is 1. The third-order valence-electron chi connectivity index (χ3n) is 6.05. The van der Waals surface area contributed by atoms with Crippen molar-refractivity contribution in [3.05, 3.63) is 106 Å². The van der Waals surface area contributed by atoms with Crippen molar-refractivity contribution in [3.8, 4) is 6.07 Å². The Morgan fingerprint density at radius 3 is 2.75 bits per heavy atom. The van der Waals surface area contributed by atoms with Crippen LogP contribution >= 0.6 is 11.8 Å². The van der Waals surface area contributed by atoms with E-state index in [9.17, 15) is 13.7 Å². The molecular weight excluding hydrogens is 490 g/mol. The fraction of sp³-hybridized carbons (Fsp3) is 0.222. The van der Waals surface area contributed by atoms with Crippen molar-refractivity contribution in [1.82, 2.24) is 9.62 Å². The van der Waals surface area contributed by atoms with Gasteiger partial charge in [-0.15, -0.1) is 11.8 Å². The summed E-state index contributed by atoms with van der Waals surface area (Å²) < 4.78 is 29.7. The number of hydrogen-bond acceptors (Lipinski definition) is 7. The first-order valence-electron chi connectivity index (χ1n) is 11.6. The lowest BCUT2D eigenvalue weighted by molar-refractivity contribution is 0.369. The molecule has 0 saturated carbocycles. The average Bonchev–Trinajstić information content (AvgIpc) is 3.40. The molecule has 36 heavy (non-hydrogen) atoms. The first kappa shape index (κ1) is 25.6.